The van der Waals surface area contributed by atoms with Crippen molar-refractivity contribution in [2.24, 2.45) is 5.92 Å². The van der Waals surface area contributed by atoms with E-state index in [1.165, 1.54) is 4.57 Å². The van der Waals surface area contributed by atoms with Gasteiger partial charge in [0.2, 0.25) is 11.9 Å². The van der Waals surface area contributed by atoms with E-state index in [1.807, 2.05) is 4.90 Å². The van der Waals surface area contributed by atoms with Gasteiger partial charge in [-0.3, -0.25) is 9.36 Å². The van der Waals surface area contributed by atoms with Gasteiger partial charge in [-0.15, -0.1) is 0 Å². The Morgan fingerprint density at radius 2 is 1.87 bits per heavy atom. The summed E-state index contributed by atoms with van der Waals surface area (Å²) in [5.74, 6) is 1.34. The molecule has 1 unspecified atom stereocenters. The van der Waals surface area contributed by atoms with Crippen molar-refractivity contribution in [1.82, 2.24) is 24.8 Å². The molecule has 4 heterocycles. The van der Waals surface area contributed by atoms with E-state index in [2.05, 4.69) is 20.6 Å². The van der Waals surface area contributed by atoms with Gasteiger partial charge in [-0.1, -0.05) is 12.1 Å². The third-order valence-corrected chi connectivity index (χ3v) is 7.36. The van der Waals surface area contributed by atoms with Crippen LogP contribution in [0.25, 0.3) is 16.9 Å². The molecule has 1 atom stereocenters. The molecule has 2 saturated heterocycles. The van der Waals surface area contributed by atoms with Gasteiger partial charge in [-0.2, -0.15) is 9.97 Å². The Labute approximate surface area is 218 Å². The number of carbonyl (C=O) groups excluding carboxylic acids is 1. The maximum absolute atomic E-state index is 14.0. The molecule has 202 valence electrons. The van der Waals surface area contributed by atoms with Crippen LogP contribution >= 0.6 is 0 Å². The molecule has 10 nitrogen and oxygen atoms in total. The summed E-state index contributed by atoms with van der Waals surface area (Å²) >= 11 is 0. The topological polar surface area (TPSA) is 106 Å². The van der Waals surface area contributed by atoms with Crippen LogP contribution < -0.4 is 15.5 Å². The Morgan fingerprint density at radius 3 is 2.63 bits per heavy atom. The first kappa shape index (κ1) is 24.9. The molecule has 1 aliphatic carbocycles. The van der Waals surface area contributed by atoms with Gasteiger partial charge in [0.15, 0.2) is 5.82 Å². The Balaban J connectivity index is 1.22. The summed E-state index contributed by atoms with van der Waals surface area (Å²) in [4.78, 5) is 27.9. The van der Waals surface area contributed by atoms with Gasteiger partial charge in [0.05, 0.1) is 24.2 Å². The largest absolute Gasteiger partial charge is 0.381 e. The summed E-state index contributed by atoms with van der Waals surface area (Å²) < 4.78 is 40.3. The van der Waals surface area contributed by atoms with Crippen LogP contribution in [0.15, 0.2) is 30.3 Å². The van der Waals surface area contributed by atoms with Crippen LogP contribution in [-0.2, 0) is 14.3 Å². The van der Waals surface area contributed by atoms with Crippen molar-refractivity contribution in [3.05, 3.63) is 36.2 Å². The minimum absolute atomic E-state index is 0.0643. The van der Waals surface area contributed by atoms with Gasteiger partial charge in [0, 0.05) is 50.9 Å². The fraction of sp³-hybridized carbons (Fsp3) is 0.538. The molecule has 1 aromatic carbocycles. The van der Waals surface area contributed by atoms with Gasteiger partial charge in [0.25, 0.3) is 6.43 Å². The highest BCUT2D eigenvalue weighted by Crippen LogP contribution is 2.30. The number of rotatable bonds is 8. The molecule has 2 N–H and O–H groups in total. The molecule has 12 heteroatoms. The van der Waals surface area contributed by atoms with E-state index in [4.69, 9.17) is 14.5 Å². The van der Waals surface area contributed by atoms with Crippen molar-refractivity contribution < 1.29 is 23.0 Å². The van der Waals surface area contributed by atoms with E-state index >= 15 is 0 Å². The smallest absolute Gasteiger partial charge is 0.296 e. The number of alkyl halides is 2. The Kier molecular flexibility index (Phi) is 7.07. The second kappa shape index (κ2) is 10.8. The molecule has 1 amide bonds. The number of aromatic nitrogens is 4. The monoisotopic (exact) mass is 527 g/mol. The zero-order valence-corrected chi connectivity index (χ0v) is 21.0. The molecule has 3 fully saturated rings. The summed E-state index contributed by atoms with van der Waals surface area (Å²) in [6.07, 6.45) is 0.180. The number of anilines is 2. The first-order valence-electron chi connectivity index (χ1n) is 13.1. The lowest BCUT2D eigenvalue weighted by atomic mass is 9.86. The summed E-state index contributed by atoms with van der Waals surface area (Å²) in [5, 5.41) is 6.54. The first-order valence-corrected chi connectivity index (χ1v) is 13.1. The molecule has 2 aliphatic heterocycles. The highest BCUT2D eigenvalue weighted by atomic mass is 19.3. The van der Waals surface area contributed by atoms with Crippen LogP contribution in [0.3, 0.4) is 0 Å². The van der Waals surface area contributed by atoms with E-state index in [1.54, 1.807) is 30.3 Å². The number of hydrogen-bond donors (Lipinski definition) is 2. The number of halogens is 2. The highest BCUT2D eigenvalue weighted by molar-refractivity contribution is 5.78. The number of nitrogens with one attached hydrogen (secondary N) is 2. The van der Waals surface area contributed by atoms with Gasteiger partial charge in [-0.05, 0) is 37.3 Å². The van der Waals surface area contributed by atoms with Crippen molar-refractivity contribution in [3.8, 4) is 5.82 Å². The predicted molar refractivity (Wildman–Crippen MR) is 137 cm³/mol. The number of nitrogens with zero attached hydrogens (tertiary/aromatic N) is 5. The van der Waals surface area contributed by atoms with E-state index in [9.17, 15) is 13.6 Å². The number of ether oxygens (including phenoxy) is 2. The number of fused-ring (bicyclic) bond motifs is 1. The first-order chi connectivity index (χ1) is 18.5. The summed E-state index contributed by atoms with van der Waals surface area (Å²) in [6, 6.07) is 8.93. The molecule has 3 aliphatic rings. The van der Waals surface area contributed by atoms with E-state index < -0.39 is 6.43 Å². The average molecular weight is 528 g/mol. The second-order valence-corrected chi connectivity index (χ2v) is 10.1. The van der Waals surface area contributed by atoms with Crippen LogP contribution in [0.2, 0.25) is 0 Å². The maximum atomic E-state index is 14.0. The Hall–Kier alpha value is -3.38. The molecule has 0 bridgehead atoms. The van der Waals surface area contributed by atoms with Crippen LogP contribution in [0.4, 0.5) is 20.5 Å². The lowest BCUT2D eigenvalue weighted by Crippen LogP contribution is -2.50. The zero-order valence-electron chi connectivity index (χ0n) is 21.0. The van der Waals surface area contributed by atoms with Crippen molar-refractivity contribution in [1.29, 1.82) is 0 Å². The molecular weight excluding hydrogens is 496 g/mol. The normalized spacial score (nSPS) is 23.6. The van der Waals surface area contributed by atoms with Crippen LogP contribution in [-0.4, -0.2) is 77.0 Å². The molecule has 0 radical (unpaired) electrons. The minimum Gasteiger partial charge on any atom is -0.381 e. The number of para-hydroxylation sites is 2. The average Bonchev–Trinajstić information content (AvgIpc) is 3.55. The fourth-order valence-electron chi connectivity index (χ4n) is 5.30. The second-order valence-electron chi connectivity index (χ2n) is 10.1. The Morgan fingerprint density at radius 1 is 1.05 bits per heavy atom. The summed E-state index contributed by atoms with van der Waals surface area (Å²) in [5.41, 5.74) is 1.03. The number of benzene rings is 1. The number of imidazole rings is 1. The fourth-order valence-corrected chi connectivity index (χ4v) is 5.30. The van der Waals surface area contributed by atoms with E-state index in [-0.39, 0.29) is 23.8 Å². The van der Waals surface area contributed by atoms with Crippen LogP contribution in [0, 0.1) is 5.92 Å². The number of hydrogen-bond acceptors (Lipinski definition) is 8. The number of carbonyl (C=O) groups is 1. The quantitative estimate of drug-likeness (QED) is 0.461. The third kappa shape index (κ3) is 5.28. The minimum atomic E-state index is -2.77. The summed E-state index contributed by atoms with van der Waals surface area (Å²) in [7, 11) is 0. The van der Waals surface area contributed by atoms with Crippen molar-refractivity contribution >= 4 is 28.7 Å². The van der Waals surface area contributed by atoms with Crippen LogP contribution in [0.1, 0.15) is 37.9 Å². The molecule has 1 saturated carbocycles. The number of morpholine rings is 1. The van der Waals surface area contributed by atoms with Gasteiger partial charge >= 0.3 is 0 Å². The molecular formula is C26H31F2N7O3. The predicted octanol–water partition coefficient (Wildman–Crippen LogP) is 3.08. The SMILES string of the molecule is O=C(CC1CCOC1)NC1CC(Nc2cc(-n3c(C(F)F)nc4ccccc43)nc(N3CCOCC3)n2)C1. The third-order valence-electron chi connectivity index (χ3n) is 7.36. The van der Waals surface area contributed by atoms with Gasteiger partial charge < -0.3 is 25.0 Å². The lowest BCUT2D eigenvalue weighted by Gasteiger charge is -2.37. The van der Waals surface area contributed by atoms with Crippen LogP contribution in [0.5, 0.6) is 0 Å². The highest BCUT2D eigenvalue weighted by Gasteiger charge is 2.32. The van der Waals surface area contributed by atoms with E-state index in [0.29, 0.717) is 73.9 Å². The molecule has 2 aromatic heterocycles. The lowest BCUT2D eigenvalue weighted by molar-refractivity contribution is -0.123. The summed E-state index contributed by atoms with van der Waals surface area (Å²) in [6.45, 7) is 3.70. The van der Waals surface area contributed by atoms with Gasteiger partial charge in [0.1, 0.15) is 11.6 Å². The molecule has 38 heavy (non-hydrogen) atoms. The Bertz CT molecular complexity index is 1290. The molecule has 0 spiro atoms. The zero-order chi connectivity index (χ0) is 26.1. The van der Waals surface area contributed by atoms with Gasteiger partial charge in [-0.25, -0.2) is 13.8 Å². The van der Waals surface area contributed by atoms with Crippen molar-refractivity contribution in [2.45, 2.75) is 44.2 Å². The number of amides is 1. The van der Waals surface area contributed by atoms with Crippen molar-refractivity contribution in [3.63, 3.8) is 0 Å². The molecule has 6 rings (SSSR count). The van der Waals surface area contributed by atoms with Crippen molar-refractivity contribution in [2.75, 3.05) is 49.7 Å². The standard InChI is InChI=1S/C26H31F2N7O3/c27-24(28)25-31-19-3-1-2-4-20(19)35(25)22-14-21(32-26(33-22)34-6-9-37-10-7-34)29-17-12-18(13-17)30-23(36)11-16-5-8-38-15-16/h1-4,14,16-18,24H,5-13,15H2,(H,30,36)(H,29,32,33). The van der Waals surface area contributed by atoms with E-state index in [0.717, 1.165) is 25.9 Å². The maximum Gasteiger partial charge on any atom is 0.296 e. The molecule has 3 aromatic rings.